The summed E-state index contributed by atoms with van der Waals surface area (Å²) in [5.74, 6) is 1.69. The molecule has 0 saturated carbocycles. The second kappa shape index (κ2) is 7.00. The fourth-order valence-electron chi connectivity index (χ4n) is 1.16. The third kappa shape index (κ3) is 4.60. The minimum atomic E-state index is 0.762. The van der Waals surface area contributed by atoms with Crippen LogP contribution in [0.1, 0.15) is 13.3 Å². The van der Waals surface area contributed by atoms with E-state index in [0.29, 0.717) is 0 Å². The molecule has 0 aromatic carbocycles. The quantitative estimate of drug-likeness (QED) is 0.665. The molecular weight excluding hydrogens is 192 g/mol. The molecule has 84 valence electrons. The summed E-state index contributed by atoms with van der Waals surface area (Å²) >= 11 is 0. The molecule has 0 amide bonds. The van der Waals surface area contributed by atoms with Crippen LogP contribution in [0.25, 0.3) is 0 Å². The maximum Gasteiger partial charge on any atom is 0.131 e. The number of methoxy groups -OCH3 is 1. The van der Waals surface area contributed by atoms with Gasteiger partial charge >= 0.3 is 0 Å². The second-order valence-corrected chi connectivity index (χ2v) is 3.09. The number of rotatable bonds is 7. The number of nitrogens with one attached hydrogen (secondary N) is 2. The Kier molecular flexibility index (Phi) is 5.47. The summed E-state index contributed by atoms with van der Waals surface area (Å²) in [6, 6.07) is 1.90. The van der Waals surface area contributed by atoms with E-state index in [1.807, 2.05) is 13.0 Å². The zero-order chi connectivity index (χ0) is 10.9. The van der Waals surface area contributed by atoms with Gasteiger partial charge in [-0.1, -0.05) is 0 Å². The van der Waals surface area contributed by atoms with Crippen LogP contribution in [0.4, 0.5) is 11.6 Å². The topological polar surface area (TPSA) is 59.1 Å². The van der Waals surface area contributed by atoms with Crippen LogP contribution in [0.3, 0.4) is 0 Å². The molecule has 0 spiro atoms. The van der Waals surface area contributed by atoms with Gasteiger partial charge < -0.3 is 15.4 Å². The maximum absolute atomic E-state index is 4.96. The van der Waals surface area contributed by atoms with E-state index >= 15 is 0 Å². The first-order valence-corrected chi connectivity index (χ1v) is 5.15. The van der Waals surface area contributed by atoms with Gasteiger partial charge in [0.05, 0.1) is 0 Å². The average molecular weight is 210 g/mol. The fourth-order valence-corrected chi connectivity index (χ4v) is 1.16. The van der Waals surface area contributed by atoms with Gasteiger partial charge in [-0.05, 0) is 13.3 Å². The molecule has 0 fully saturated rings. The molecule has 0 aliphatic heterocycles. The highest BCUT2D eigenvalue weighted by Crippen LogP contribution is 2.07. The molecule has 0 radical (unpaired) electrons. The average Bonchev–Trinajstić information content (AvgIpc) is 2.26. The molecular formula is C10H18N4O. The van der Waals surface area contributed by atoms with Crippen LogP contribution < -0.4 is 10.6 Å². The molecule has 1 aromatic heterocycles. The lowest BCUT2D eigenvalue weighted by atomic mass is 10.4. The molecule has 0 aliphatic carbocycles. The molecule has 1 aromatic rings. The van der Waals surface area contributed by atoms with Gasteiger partial charge in [0.1, 0.15) is 18.0 Å². The van der Waals surface area contributed by atoms with Crippen LogP contribution in [0, 0.1) is 0 Å². The number of nitrogens with zero attached hydrogens (tertiary/aromatic N) is 2. The van der Waals surface area contributed by atoms with E-state index in [1.54, 1.807) is 13.4 Å². The number of ether oxygens (including phenoxy) is 1. The van der Waals surface area contributed by atoms with Crippen molar-refractivity contribution in [2.75, 3.05) is 37.4 Å². The van der Waals surface area contributed by atoms with Gasteiger partial charge in [0.2, 0.25) is 0 Å². The summed E-state index contributed by atoms with van der Waals surface area (Å²) < 4.78 is 4.96. The van der Waals surface area contributed by atoms with Crippen molar-refractivity contribution < 1.29 is 4.74 Å². The summed E-state index contributed by atoms with van der Waals surface area (Å²) in [5, 5.41) is 6.34. The van der Waals surface area contributed by atoms with Crippen LogP contribution in [0.2, 0.25) is 0 Å². The van der Waals surface area contributed by atoms with E-state index in [4.69, 9.17) is 4.74 Å². The summed E-state index contributed by atoms with van der Waals surface area (Å²) in [7, 11) is 1.70. The molecule has 0 aliphatic rings. The SMILES string of the molecule is CCNc1cc(NCCCOC)ncn1. The molecule has 0 atom stereocenters. The van der Waals surface area contributed by atoms with E-state index < -0.39 is 0 Å². The smallest absolute Gasteiger partial charge is 0.131 e. The van der Waals surface area contributed by atoms with E-state index in [1.165, 1.54) is 0 Å². The fraction of sp³-hybridized carbons (Fsp3) is 0.600. The van der Waals surface area contributed by atoms with E-state index in [9.17, 15) is 0 Å². The van der Waals surface area contributed by atoms with Gasteiger partial charge in [0.25, 0.3) is 0 Å². The highest BCUT2D eigenvalue weighted by atomic mass is 16.5. The Morgan fingerprint density at radius 3 is 2.67 bits per heavy atom. The van der Waals surface area contributed by atoms with Crippen molar-refractivity contribution in [1.82, 2.24) is 9.97 Å². The number of aromatic nitrogens is 2. The van der Waals surface area contributed by atoms with Crippen molar-refractivity contribution >= 4 is 11.6 Å². The Balaban J connectivity index is 2.36. The third-order valence-electron chi connectivity index (χ3n) is 1.86. The molecule has 5 heteroatoms. The van der Waals surface area contributed by atoms with Gasteiger partial charge in [-0.3, -0.25) is 0 Å². The number of anilines is 2. The summed E-state index contributed by atoms with van der Waals surface area (Å²) in [5.41, 5.74) is 0. The third-order valence-corrected chi connectivity index (χ3v) is 1.86. The Morgan fingerprint density at radius 2 is 2.00 bits per heavy atom. The first-order valence-electron chi connectivity index (χ1n) is 5.15. The van der Waals surface area contributed by atoms with E-state index in [-0.39, 0.29) is 0 Å². The van der Waals surface area contributed by atoms with Gasteiger partial charge in [-0.2, -0.15) is 0 Å². The first-order chi connectivity index (χ1) is 7.36. The van der Waals surface area contributed by atoms with Gasteiger partial charge in [0.15, 0.2) is 0 Å². The molecule has 5 nitrogen and oxygen atoms in total. The highest BCUT2D eigenvalue weighted by Gasteiger charge is 1.96. The van der Waals surface area contributed by atoms with Crippen LogP contribution >= 0.6 is 0 Å². The minimum absolute atomic E-state index is 0.762. The van der Waals surface area contributed by atoms with Gasteiger partial charge in [-0.15, -0.1) is 0 Å². The first kappa shape index (κ1) is 11.7. The van der Waals surface area contributed by atoms with Gasteiger partial charge in [-0.25, -0.2) is 9.97 Å². The summed E-state index contributed by atoms with van der Waals surface area (Å²) in [6.45, 7) is 4.52. The predicted octanol–water partition coefficient (Wildman–Crippen LogP) is 1.36. The monoisotopic (exact) mass is 210 g/mol. The Bertz CT molecular complexity index is 280. The minimum Gasteiger partial charge on any atom is -0.385 e. The predicted molar refractivity (Wildman–Crippen MR) is 61.2 cm³/mol. The van der Waals surface area contributed by atoms with Crippen molar-refractivity contribution in [2.24, 2.45) is 0 Å². The molecule has 0 saturated heterocycles. The lowest BCUT2D eigenvalue weighted by Crippen LogP contribution is -2.07. The van der Waals surface area contributed by atoms with E-state index in [2.05, 4.69) is 20.6 Å². The molecule has 2 N–H and O–H groups in total. The Labute approximate surface area is 90.3 Å². The Morgan fingerprint density at radius 1 is 1.27 bits per heavy atom. The van der Waals surface area contributed by atoms with Crippen LogP contribution in [-0.2, 0) is 4.74 Å². The van der Waals surface area contributed by atoms with Crippen LogP contribution in [0.15, 0.2) is 12.4 Å². The lowest BCUT2D eigenvalue weighted by molar-refractivity contribution is 0.198. The van der Waals surface area contributed by atoms with Crippen molar-refractivity contribution in [2.45, 2.75) is 13.3 Å². The number of hydrogen-bond acceptors (Lipinski definition) is 5. The van der Waals surface area contributed by atoms with Crippen molar-refractivity contribution in [3.8, 4) is 0 Å². The zero-order valence-electron chi connectivity index (χ0n) is 9.29. The molecule has 0 unspecified atom stereocenters. The zero-order valence-corrected chi connectivity index (χ0v) is 9.29. The Hall–Kier alpha value is -1.36. The molecule has 1 rings (SSSR count). The van der Waals surface area contributed by atoms with Gasteiger partial charge in [0, 0.05) is 32.9 Å². The summed E-state index contributed by atoms with van der Waals surface area (Å²) in [4.78, 5) is 8.20. The van der Waals surface area contributed by atoms with Crippen LogP contribution in [-0.4, -0.2) is 36.8 Å². The molecule has 1 heterocycles. The second-order valence-electron chi connectivity index (χ2n) is 3.09. The maximum atomic E-state index is 4.96. The van der Waals surface area contributed by atoms with Crippen molar-refractivity contribution in [3.05, 3.63) is 12.4 Å². The number of hydrogen-bond donors (Lipinski definition) is 2. The van der Waals surface area contributed by atoms with E-state index in [0.717, 1.165) is 37.8 Å². The molecule has 0 bridgehead atoms. The highest BCUT2D eigenvalue weighted by molar-refractivity contribution is 5.46. The molecule has 15 heavy (non-hydrogen) atoms. The van der Waals surface area contributed by atoms with Crippen molar-refractivity contribution in [3.63, 3.8) is 0 Å². The summed E-state index contributed by atoms with van der Waals surface area (Å²) in [6.07, 6.45) is 2.52. The lowest BCUT2D eigenvalue weighted by Gasteiger charge is -2.06. The van der Waals surface area contributed by atoms with Crippen LogP contribution in [0.5, 0.6) is 0 Å². The standard InChI is InChI=1S/C10H18N4O/c1-3-11-9-7-10(14-8-13-9)12-5-4-6-15-2/h7-8H,3-6H2,1-2H3,(H2,11,12,13,14). The largest absolute Gasteiger partial charge is 0.385 e. The van der Waals surface area contributed by atoms with Crippen molar-refractivity contribution in [1.29, 1.82) is 0 Å². The normalized spacial score (nSPS) is 10.0.